The lowest BCUT2D eigenvalue weighted by molar-refractivity contribution is 0.780. The summed E-state index contributed by atoms with van der Waals surface area (Å²) in [5.74, 6) is 6.00. The first-order valence-corrected chi connectivity index (χ1v) is 4.48. The quantitative estimate of drug-likeness (QED) is 0.656. The summed E-state index contributed by atoms with van der Waals surface area (Å²) in [6, 6.07) is 1.89. The van der Waals surface area contributed by atoms with E-state index in [1.165, 1.54) is 0 Å². The van der Waals surface area contributed by atoms with Crippen molar-refractivity contribution in [1.29, 1.82) is 0 Å². The maximum absolute atomic E-state index is 5.77. The molecule has 0 spiro atoms. The van der Waals surface area contributed by atoms with E-state index in [-0.39, 0.29) is 0 Å². The van der Waals surface area contributed by atoms with E-state index in [0.717, 1.165) is 23.2 Å². The third kappa shape index (κ3) is 1.24. The van der Waals surface area contributed by atoms with Gasteiger partial charge in [0.05, 0.1) is 0 Å². The van der Waals surface area contributed by atoms with E-state index >= 15 is 0 Å². The van der Waals surface area contributed by atoms with E-state index in [4.69, 9.17) is 11.6 Å². The van der Waals surface area contributed by atoms with Crippen LogP contribution in [0.15, 0.2) is 6.07 Å². The predicted octanol–water partition coefficient (Wildman–Crippen LogP) is 0.0748. The monoisotopic (exact) mass is 192 g/mol. The molecule has 4 N–H and O–H groups in total. The van der Waals surface area contributed by atoms with Crippen LogP contribution in [0.5, 0.6) is 0 Å². The van der Waals surface area contributed by atoms with E-state index in [1.807, 2.05) is 6.07 Å². The molecule has 0 saturated carbocycles. The topological polar surface area (TPSA) is 95.6 Å². The number of anilines is 1. The highest BCUT2D eigenvalue weighted by Crippen LogP contribution is 2.16. The Hall–Kier alpha value is -1.85. The normalized spacial score (nSPS) is 10.9. The third-order valence-electron chi connectivity index (χ3n) is 2.08. The Bertz CT molecular complexity index is 460. The molecule has 14 heavy (non-hydrogen) atoms. The van der Waals surface area contributed by atoms with Crippen molar-refractivity contribution < 1.29 is 0 Å². The molecule has 2 aromatic heterocycles. The van der Waals surface area contributed by atoms with Crippen LogP contribution in [0.1, 0.15) is 18.9 Å². The van der Waals surface area contributed by atoms with Crippen molar-refractivity contribution in [1.82, 2.24) is 20.1 Å². The smallest absolute Gasteiger partial charge is 0.203 e. The summed E-state index contributed by atoms with van der Waals surface area (Å²) in [6.45, 7) is 2.09. The Morgan fingerprint density at radius 1 is 1.50 bits per heavy atom. The summed E-state index contributed by atoms with van der Waals surface area (Å²) < 4.78 is 0. The van der Waals surface area contributed by atoms with Gasteiger partial charge in [-0.1, -0.05) is 13.3 Å². The molecule has 0 fully saturated rings. The van der Waals surface area contributed by atoms with Gasteiger partial charge in [0.2, 0.25) is 5.65 Å². The maximum atomic E-state index is 5.77. The molecule has 6 heteroatoms. The van der Waals surface area contributed by atoms with Gasteiger partial charge in [0.25, 0.3) is 0 Å². The summed E-state index contributed by atoms with van der Waals surface area (Å²) in [7, 11) is 0. The molecule has 2 rings (SSSR count). The van der Waals surface area contributed by atoms with Crippen LogP contribution in [-0.4, -0.2) is 20.1 Å². The fraction of sp³-hybridized carbons (Fsp3) is 0.375. The van der Waals surface area contributed by atoms with Crippen LogP contribution >= 0.6 is 0 Å². The molecular formula is C8H12N6. The van der Waals surface area contributed by atoms with E-state index in [1.54, 1.807) is 0 Å². The number of aryl methyl sites for hydroxylation is 1. The molecular weight excluding hydrogens is 180 g/mol. The average molecular weight is 192 g/mol. The van der Waals surface area contributed by atoms with Crippen molar-refractivity contribution >= 4 is 17.0 Å². The van der Waals surface area contributed by atoms with Crippen LogP contribution in [0.3, 0.4) is 0 Å². The van der Waals surface area contributed by atoms with Gasteiger partial charge in [-0.05, 0) is 23.3 Å². The van der Waals surface area contributed by atoms with E-state index < -0.39 is 0 Å². The largest absolute Gasteiger partial charge is 0.383 e. The Morgan fingerprint density at radius 3 is 3.00 bits per heavy atom. The van der Waals surface area contributed by atoms with Gasteiger partial charge < -0.3 is 11.6 Å². The highest BCUT2D eigenvalue weighted by molar-refractivity contribution is 5.73. The highest BCUT2D eigenvalue weighted by atomic mass is 15.6. The summed E-state index contributed by atoms with van der Waals surface area (Å²) in [6.07, 6.45) is 1.92. The molecule has 0 aliphatic rings. The number of aromatic nitrogens is 4. The van der Waals surface area contributed by atoms with Gasteiger partial charge in [0, 0.05) is 0 Å². The second-order valence-corrected chi connectivity index (χ2v) is 3.16. The summed E-state index contributed by atoms with van der Waals surface area (Å²) >= 11 is 0. The van der Waals surface area contributed by atoms with Crippen LogP contribution in [0, 0.1) is 0 Å². The number of hydrogen-bond acceptors (Lipinski definition) is 5. The lowest BCUT2D eigenvalue weighted by Gasteiger charge is -2.02. The van der Waals surface area contributed by atoms with Crippen molar-refractivity contribution in [3.05, 3.63) is 11.6 Å². The molecule has 74 valence electrons. The molecule has 0 amide bonds. The molecule has 6 nitrogen and oxygen atoms in total. The maximum Gasteiger partial charge on any atom is 0.203 e. The van der Waals surface area contributed by atoms with Crippen LogP contribution < -0.4 is 11.6 Å². The fourth-order valence-corrected chi connectivity index (χ4v) is 1.40. The van der Waals surface area contributed by atoms with Gasteiger partial charge in [-0.3, -0.25) is 0 Å². The van der Waals surface area contributed by atoms with Crippen molar-refractivity contribution in [3.8, 4) is 0 Å². The van der Waals surface area contributed by atoms with Gasteiger partial charge in [-0.2, -0.15) is 0 Å². The van der Waals surface area contributed by atoms with Gasteiger partial charge in [-0.15, -0.1) is 9.89 Å². The van der Waals surface area contributed by atoms with Gasteiger partial charge >= 0.3 is 0 Å². The standard InChI is InChI=1S/C8H12N6/c1-2-3-5-4-6-8(11-7(5)9)14(10)13-12-6/h4H,2-3,10H2,1H3,(H2,9,11). The first-order valence-electron chi connectivity index (χ1n) is 4.48. The van der Waals surface area contributed by atoms with Crippen molar-refractivity contribution in [2.45, 2.75) is 19.8 Å². The summed E-state index contributed by atoms with van der Waals surface area (Å²) in [5.41, 5.74) is 7.97. The van der Waals surface area contributed by atoms with E-state index in [0.29, 0.717) is 17.0 Å². The van der Waals surface area contributed by atoms with Crippen molar-refractivity contribution in [3.63, 3.8) is 0 Å². The zero-order valence-electron chi connectivity index (χ0n) is 7.94. The first kappa shape index (κ1) is 8.74. The first-order chi connectivity index (χ1) is 6.72. The zero-order valence-corrected chi connectivity index (χ0v) is 7.94. The molecule has 0 radical (unpaired) electrons. The minimum absolute atomic E-state index is 0.508. The number of nitrogens with zero attached hydrogens (tertiary/aromatic N) is 4. The molecule has 0 atom stereocenters. The van der Waals surface area contributed by atoms with Gasteiger partial charge in [-0.25, -0.2) is 4.98 Å². The molecule has 2 aromatic rings. The number of nitrogens with two attached hydrogens (primary N) is 2. The summed E-state index contributed by atoms with van der Waals surface area (Å²) in [4.78, 5) is 5.27. The summed E-state index contributed by atoms with van der Waals surface area (Å²) in [5, 5.41) is 7.54. The van der Waals surface area contributed by atoms with Crippen molar-refractivity contribution in [2.75, 3.05) is 11.6 Å². The zero-order chi connectivity index (χ0) is 10.1. The SMILES string of the molecule is CCCc1cc2nnn(N)c2nc1N. The van der Waals surface area contributed by atoms with E-state index in [9.17, 15) is 0 Å². The van der Waals surface area contributed by atoms with Crippen LogP contribution in [0.4, 0.5) is 5.82 Å². The number of hydrogen-bond donors (Lipinski definition) is 2. The molecule has 0 unspecified atom stereocenters. The highest BCUT2D eigenvalue weighted by Gasteiger charge is 2.08. The molecule has 0 aromatic carbocycles. The minimum atomic E-state index is 0.508. The van der Waals surface area contributed by atoms with Crippen LogP contribution in [0.2, 0.25) is 0 Å². The minimum Gasteiger partial charge on any atom is -0.383 e. The Morgan fingerprint density at radius 2 is 2.29 bits per heavy atom. The molecule has 0 bridgehead atoms. The van der Waals surface area contributed by atoms with Crippen LogP contribution in [0.25, 0.3) is 11.2 Å². The fourth-order valence-electron chi connectivity index (χ4n) is 1.40. The molecule has 0 aliphatic carbocycles. The lowest BCUT2D eigenvalue weighted by Crippen LogP contribution is -2.11. The van der Waals surface area contributed by atoms with Gasteiger partial charge in [0.15, 0.2) is 0 Å². The number of pyridine rings is 1. The molecule has 0 aliphatic heterocycles. The second-order valence-electron chi connectivity index (χ2n) is 3.16. The van der Waals surface area contributed by atoms with Crippen molar-refractivity contribution in [2.24, 2.45) is 0 Å². The Balaban J connectivity index is 2.60. The number of fused-ring (bicyclic) bond motifs is 1. The molecule has 2 heterocycles. The molecule has 0 saturated heterocycles. The number of nitrogen functional groups attached to an aromatic ring is 2. The lowest BCUT2D eigenvalue weighted by atomic mass is 10.1. The van der Waals surface area contributed by atoms with E-state index in [2.05, 4.69) is 22.2 Å². The Kier molecular flexibility index (Phi) is 1.95. The Labute approximate surface area is 80.9 Å². The number of rotatable bonds is 2. The average Bonchev–Trinajstić information content (AvgIpc) is 2.50. The second kappa shape index (κ2) is 3.13. The van der Waals surface area contributed by atoms with Gasteiger partial charge in [0.1, 0.15) is 11.3 Å². The third-order valence-corrected chi connectivity index (χ3v) is 2.08. The van der Waals surface area contributed by atoms with Crippen LogP contribution in [-0.2, 0) is 6.42 Å². The predicted molar refractivity (Wildman–Crippen MR) is 53.9 cm³/mol.